The van der Waals surface area contributed by atoms with E-state index < -0.39 is 0 Å². The number of rotatable bonds is 11. The smallest absolute Gasteiger partial charge is 0.250 e. The van der Waals surface area contributed by atoms with Crippen molar-refractivity contribution < 1.29 is 19.0 Å². The molecule has 164 valence electrons. The van der Waals surface area contributed by atoms with E-state index in [9.17, 15) is 4.79 Å². The van der Waals surface area contributed by atoms with E-state index in [1.807, 2.05) is 43.3 Å². The molecule has 0 unspecified atom stereocenters. The highest BCUT2D eigenvalue weighted by atomic mass is 32.1. The second-order valence-corrected chi connectivity index (χ2v) is 7.96. The number of carbonyl (C=O) groups excluding carboxylic acids is 1. The number of fused-ring (bicyclic) bond motifs is 1. The Kier molecular flexibility index (Phi) is 8.29. The van der Waals surface area contributed by atoms with Crippen LogP contribution in [0.3, 0.4) is 0 Å². The third kappa shape index (κ3) is 6.46. The summed E-state index contributed by atoms with van der Waals surface area (Å²) in [5.41, 5.74) is 1.67. The van der Waals surface area contributed by atoms with Gasteiger partial charge in [-0.3, -0.25) is 10.1 Å². The van der Waals surface area contributed by atoms with Gasteiger partial charge in [-0.05, 0) is 54.8 Å². The SMILES string of the molecule is CCCCOc1ccc2nc(NC(=O)/C=C/c3ccc(OCCC)c(OC)c3)sc2c1. The number of benzene rings is 2. The standard InChI is InChI=1S/C24H28N2O4S/c1-4-6-14-29-18-9-10-19-22(16-18)31-24(25-19)26-23(27)12-8-17-7-11-20(30-13-5-2)21(15-17)28-3/h7-12,15-16H,4-6,13-14H2,1-3H3,(H,25,26,27)/b12-8+. The maximum absolute atomic E-state index is 12.4. The monoisotopic (exact) mass is 440 g/mol. The largest absolute Gasteiger partial charge is 0.494 e. The number of nitrogens with zero attached hydrogens (tertiary/aromatic N) is 1. The van der Waals surface area contributed by atoms with Gasteiger partial charge < -0.3 is 14.2 Å². The molecule has 0 aliphatic carbocycles. The molecule has 1 amide bonds. The van der Waals surface area contributed by atoms with Gasteiger partial charge in [-0.15, -0.1) is 0 Å². The Morgan fingerprint density at radius 2 is 1.94 bits per heavy atom. The molecule has 2 aromatic carbocycles. The fraction of sp³-hybridized carbons (Fsp3) is 0.333. The van der Waals surface area contributed by atoms with Gasteiger partial charge in [0.05, 0.1) is 30.5 Å². The Morgan fingerprint density at radius 3 is 2.71 bits per heavy atom. The Balaban J connectivity index is 1.63. The van der Waals surface area contributed by atoms with Gasteiger partial charge in [-0.2, -0.15) is 0 Å². The average molecular weight is 441 g/mol. The number of amides is 1. The minimum absolute atomic E-state index is 0.247. The summed E-state index contributed by atoms with van der Waals surface area (Å²) in [4.78, 5) is 16.8. The van der Waals surface area contributed by atoms with Crippen LogP contribution < -0.4 is 19.5 Å². The van der Waals surface area contributed by atoms with Gasteiger partial charge in [0.1, 0.15) is 5.75 Å². The van der Waals surface area contributed by atoms with Crippen molar-refractivity contribution in [1.82, 2.24) is 4.98 Å². The molecular weight excluding hydrogens is 412 g/mol. The van der Waals surface area contributed by atoms with Crippen LogP contribution in [0.1, 0.15) is 38.7 Å². The summed E-state index contributed by atoms with van der Waals surface area (Å²) in [6.45, 7) is 5.51. The Hall–Kier alpha value is -3.06. The lowest BCUT2D eigenvalue weighted by Crippen LogP contribution is -2.07. The van der Waals surface area contributed by atoms with Gasteiger partial charge in [-0.1, -0.05) is 37.7 Å². The van der Waals surface area contributed by atoms with Crippen LogP contribution in [0.4, 0.5) is 5.13 Å². The van der Waals surface area contributed by atoms with E-state index in [-0.39, 0.29) is 5.91 Å². The van der Waals surface area contributed by atoms with Gasteiger partial charge >= 0.3 is 0 Å². The van der Waals surface area contributed by atoms with Crippen LogP contribution in [0.15, 0.2) is 42.5 Å². The lowest BCUT2D eigenvalue weighted by molar-refractivity contribution is -0.111. The molecule has 0 saturated carbocycles. The van der Waals surface area contributed by atoms with Crippen LogP contribution in [0.2, 0.25) is 0 Å². The Labute approximate surface area is 186 Å². The first-order valence-electron chi connectivity index (χ1n) is 10.5. The summed E-state index contributed by atoms with van der Waals surface area (Å²) in [6, 6.07) is 11.3. The number of aromatic nitrogens is 1. The van der Waals surface area contributed by atoms with E-state index in [2.05, 4.69) is 17.2 Å². The average Bonchev–Trinajstić information content (AvgIpc) is 3.18. The van der Waals surface area contributed by atoms with Crippen LogP contribution in [0, 0.1) is 0 Å². The summed E-state index contributed by atoms with van der Waals surface area (Å²) in [5.74, 6) is 1.91. The van der Waals surface area contributed by atoms with E-state index in [4.69, 9.17) is 14.2 Å². The number of ether oxygens (including phenoxy) is 3. The topological polar surface area (TPSA) is 69.7 Å². The number of unbranched alkanes of at least 4 members (excludes halogenated alkanes) is 1. The molecule has 31 heavy (non-hydrogen) atoms. The molecule has 0 spiro atoms. The van der Waals surface area contributed by atoms with Gasteiger partial charge in [0.25, 0.3) is 0 Å². The van der Waals surface area contributed by atoms with E-state index >= 15 is 0 Å². The number of carbonyl (C=O) groups is 1. The minimum Gasteiger partial charge on any atom is -0.494 e. The summed E-state index contributed by atoms with van der Waals surface area (Å²) < 4.78 is 17.8. The zero-order valence-corrected chi connectivity index (χ0v) is 19.0. The number of hydrogen-bond acceptors (Lipinski definition) is 6. The second kappa shape index (κ2) is 11.4. The van der Waals surface area contributed by atoms with E-state index in [1.54, 1.807) is 13.2 Å². The highest BCUT2D eigenvalue weighted by Gasteiger charge is 2.08. The van der Waals surface area contributed by atoms with Crippen molar-refractivity contribution in [3.63, 3.8) is 0 Å². The summed E-state index contributed by atoms with van der Waals surface area (Å²) in [6.07, 6.45) is 6.25. The molecule has 6 nitrogen and oxygen atoms in total. The molecule has 0 aliphatic heterocycles. The first-order chi connectivity index (χ1) is 15.1. The quantitative estimate of drug-likeness (QED) is 0.296. The fourth-order valence-electron chi connectivity index (χ4n) is 2.82. The highest BCUT2D eigenvalue weighted by Crippen LogP contribution is 2.30. The van der Waals surface area contributed by atoms with Crippen molar-refractivity contribution >= 4 is 38.7 Å². The maximum Gasteiger partial charge on any atom is 0.250 e. The second-order valence-electron chi connectivity index (χ2n) is 6.93. The van der Waals surface area contributed by atoms with Crippen LogP contribution in [-0.4, -0.2) is 31.2 Å². The van der Waals surface area contributed by atoms with Crippen molar-refractivity contribution in [2.45, 2.75) is 33.1 Å². The van der Waals surface area contributed by atoms with Crippen LogP contribution in [0.5, 0.6) is 17.2 Å². The molecule has 1 N–H and O–H groups in total. The number of thiazole rings is 1. The lowest BCUT2D eigenvalue weighted by atomic mass is 10.2. The Bertz CT molecular complexity index is 1050. The van der Waals surface area contributed by atoms with Crippen LogP contribution >= 0.6 is 11.3 Å². The highest BCUT2D eigenvalue weighted by molar-refractivity contribution is 7.22. The van der Waals surface area contributed by atoms with Gasteiger partial charge in [0, 0.05) is 6.08 Å². The van der Waals surface area contributed by atoms with Crippen molar-refractivity contribution in [1.29, 1.82) is 0 Å². The molecule has 0 bridgehead atoms. The number of anilines is 1. The lowest BCUT2D eigenvalue weighted by Gasteiger charge is -2.10. The molecule has 3 aromatic rings. The maximum atomic E-state index is 12.4. The zero-order chi connectivity index (χ0) is 22.1. The molecule has 1 heterocycles. The fourth-order valence-corrected chi connectivity index (χ4v) is 3.72. The van der Waals surface area contributed by atoms with E-state index in [1.165, 1.54) is 17.4 Å². The summed E-state index contributed by atoms with van der Waals surface area (Å²) in [5, 5.41) is 3.38. The van der Waals surface area contributed by atoms with Crippen LogP contribution in [-0.2, 0) is 4.79 Å². The minimum atomic E-state index is -0.247. The molecular formula is C24H28N2O4S. The van der Waals surface area contributed by atoms with Crippen molar-refractivity contribution in [3.8, 4) is 17.2 Å². The van der Waals surface area contributed by atoms with Crippen molar-refractivity contribution in [3.05, 3.63) is 48.0 Å². The Morgan fingerprint density at radius 1 is 1.06 bits per heavy atom. The number of hydrogen-bond donors (Lipinski definition) is 1. The van der Waals surface area contributed by atoms with Crippen molar-refractivity contribution in [2.24, 2.45) is 0 Å². The first kappa shape index (κ1) is 22.6. The molecule has 0 atom stereocenters. The summed E-state index contributed by atoms with van der Waals surface area (Å²) >= 11 is 1.42. The van der Waals surface area contributed by atoms with E-state index in [0.717, 1.165) is 40.8 Å². The first-order valence-corrected chi connectivity index (χ1v) is 11.3. The molecule has 0 fully saturated rings. The van der Waals surface area contributed by atoms with Gasteiger partial charge in [-0.25, -0.2) is 4.98 Å². The summed E-state index contributed by atoms with van der Waals surface area (Å²) in [7, 11) is 1.60. The van der Waals surface area contributed by atoms with Gasteiger partial charge in [0.2, 0.25) is 5.91 Å². The molecule has 3 rings (SSSR count). The van der Waals surface area contributed by atoms with Gasteiger partial charge in [0.15, 0.2) is 16.6 Å². The predicted molar refractivity (Wildman–Crippen MR) is 126 cm³/mol. The normalized spacial score (nSPS) is 11.1. The molecule has 0 saturated heterocycles. The predicted octanol–water partition coefficient (Wildman–Crippen LogP) is 5.92. The molecule has 1 aromatic heterocycles. The van der Waals surface area contributed by atoms with Crippen LogP contribution in [0.25, 0.3) is 16.3 Å². The molecule has 0 radical (unpaired) electrons. The molecule has 7 heteroatoms. The molecule has 0 aliphatic rings. The zero-order valence-electron chi connectivity index (χ0n) is 18.1. The van der Waals surface area contributed by atoms with Crippen molar-refractivity contribution in [2.75, 3.05) is 25.6 Å². The third-order valence-electron chi connectivity index (χ3n) is 4.43. The third-order valence-corrected chi connectivity index (χ3v) is 5.37. The number of nitrogens with one attached hydrogen (secondary N) is 1. The van der Waals surface area contributed by atoms with E-state index in [0.29, 0.717) is 29.8 Å². The number of methoxy groups -OCH3 is 1.